The second-order valence-electron chi connectivity index (χ2n) is 10.9. The molecule has 0 bridgehead atoms. The first-order chi connectivity index (χ1) is 17.9. The molecule has 0 spiro atoms. The molecule has 1 N–H and O–H groups in total. The normalized spacial score (nSPS) is 24.6. The average molecular weight is 500 g/mol. The minimum absolute atomic E-state index is 0.00979. The molecule has 6 heteroatoms. The van der Waals surface area contributed by atoms with E-state index in [9.17, 15) is 5.11 Å². The number of hydrogen-bond donors (Lipinski definition) is 1. The molecule has 37 heavy (non-hydrogen) atoms. The maximum absolute atomic E-state index is 11.2. The van der Waals surface area contributed by atoms with Gasteiger partial charge in [-0.3, -0.25) is 0 Å². The molecule has 5 rings (SSSR count). The van der Waals surface area contributed by atoms with Gasteiger partial charge in [-0.25, -0.2) is 0 Å². The molecule has 6 nitrogen and oxygen atoms in total. The summed E-state index contributed by atoms with van der Waals surface area (Å²) in [7, 11) is 4.05. The zero-order valence-electron chi connectivity index (χ0n) is 22.2. The lowest BCUT2D eigenvalue weighted by atomic mass is 9.52. The molecule has 1 heterocycles. The standard InChI is InChI=1S/C31H37N3O3/c1-4-15-30(35)16-17-31(20-23-8-6-5-7-9-23)25(21-30)11-10-24-19-26(12-13-27(24)31)36-22-28-32-29(37-33-28)14-18-34(2)3/h5-9,12-13,19,25,35H,10-11,14,16-18,20-22H2,1-3H3/t25-,30-,31+/m1/s1. The number of aromatic nitrogens is 2. The zero-order chi connectivity index (χ0) is 25.9. The maximum Gasteiger partial charge on any atom is 0.228 e. The molecule has 0 amide bonds. The van der Waals surface area contributed by atoms with Gasteiger partial charge in [-0.2, -0.15) is 4.98 Å². The van der Waals surface area contributed by atoms with Gasteiger partial charge in [0.15, 0.2) is 6.61 Å². The highest BCUT2D eigenvalue weighted by Gasteiger charge is 2.51. The maximum atomic E-state index is 11.2. The van der Waals surface area contributed by atoms with Crippen LogP contribution in [0.3, 0.4) is 0 Å². The van der Waals surface area contributed by atoms with Crippen LogP contribution in [0.2, 0.25) is 0 Å². The Morgan fingerprint density at radius 2 is 2.00 bits per heavy atom. The first-order valence-electron chi connectivity index (χ1n) is 13.3. The molecule has 194 valence electrons. The Morgan fingerprint density at radius 3 is 2.78 bits per heavy atom. The van der Waals surface area contributed by atoms with Crippen molar-refractivity contribution in [2.45, 2.75) is 69.5 Å². The van der Waals surface area contributed by atoms with Gasteiger partial charge in [0.2, 0.25) is 11.7 Å². The van der Waals surface area contributed by atoms with Crippen LogP contribution >= 0.6 is 0 Å². The largest absolute Gasteiger partial charge is 0.485 e. The molecule has 1 saturated carbocycles. The topological polar surface area (TPSA) is 71.6 Å². The number of aliphatic hydroxyl groups is 1. The predicted molar refractivity (Wildman–Crippen MR) is 143 cm³/mol. The van der Waals surface area contributed by atoms with Crippen molar-refractivity contribution < 1.29 is 14.4 Å². The minimum Gasteiger partial charge on any atom is -0.485 e. The van der Waals surface area contributed by atoms with Gasteiger partial charge in [0.05, 0.1) is 0 Å². The summed E-state index contributed by atoms with van der Waals surface area (Å²) in [6.45, 7) is 2.97. The SMILES string of the molecule is CC#C[C@@]1(O)CC[C@@]2(Cc3ccccc3)c3ccc(OCc4noc(CCN(C)C)n4)cc3CC[C@@H]2C1. The van der Waals surface area contributed by atoms with Crippen LogP contribution in [0.5, 0.6) is 5.75 Å². The molecule has 0 saturated heterocycles. The van der Waals surface area contributed by atoms with Crippen molar-refractivity contribution >= 4 is 0 Å². The van der Waals surface area contributed by atoms with Gasteiger partial charge < -0.3 is 19.3 Å². The van der Waals surface area contributed by atoms with Crippen molar-refractivity contribution in [3.8, 4) is 17.6 Å². The Hall–Kier alpha value is -3.14. The summed E-state index contributed by atoms with van der Waals surface area (Å²) in [4.78, 5) is 6.55. The molecule has 3 aromatic rings. The number of ether oxygens (including phenoxy) is 1. The van der Waals surface area contributed by atoms with Crippen LogP contribution < -0.4 is 4.74 Å². The van der Waals surface area contributed by atoms with Crippen LogP contribution in [0, 0.1) is 17.8 Å². The van der Waals surface area contributed by atoms with Gasteiger partial charge in [-0.15, -0.1) is 5.92 Å². The van der Waals surface area contributed by atoms with Crippen molar-refractivity contribution in [3.05, 3.63) is 76.9 Å². The second kappa shape index (κ2) is 10.7. The van der Waals surface area contributed by atoms with E-state index in [2.05, 4.69) is 75.4 Å². The van der Waals surface area contributed by atoms with Crippen LogP contribution in [0.1, 0.15) is 61.0 Å². The molecule has 2 aliphatic rings. The van der Waals surface area contributed by atoms with Crippen molar-refractivity contribution in [2.24, 2.45) is 5.92 Å². The van der Waals surface area contributed by atoms with Crippen molar-refractivity contribution in [2.75, 3.05) is 20.6 Å². The zero-order valence-corrected chi connectivity index (χ0v) is 22.2. The fraction of sp³-hybridized carbons (Fsp3) is 0.484. The van der Waals surface area contributed by atoms with Crippen LogP contribution in [0.25, 0.3) is 0 Å². The van der Waals surface area contributed by atoms with E-state index in [1.165, 1.54) is 16.7 Å². The lowest BCUT2D eigenvalue weighted by Crippen LogP contribution is -2.50. The molecule has 2 aromatic carbocycles. The lowest BCUT2D eigenvalue weighted by Gasteiger charge is -2.52. The van der Waals surface area contributed by atoms with E-state index in [4.69, 9.17) is 9.26 Å². The molecule has 1 aromatic heterocycles. The Morgan fingerprint density at radius 1 is 1.16 bits per heavy atom. The Kier molecular flexibility index (Phi) is 7.37. The first kappa shape index (κ1) is 25.5. The number of likely N-dealkylation sites (N-methyl/N-ethyl adjacent to an activating group) is 1. The van der Waals surface area contributed by atoms with E-state index in [-0.39, 0.29) is 12.0 Å². The highest BCUT2D eigenvalue weighted by molar-refractivity contribution is 5.45. The molecule has 2 aliphatic carbocycles. The summed E-state index contributed by atoms with van der Waals surface area (Å²) in [5, 5.41) is 15.3. The predicted octanol–water partition coefficient (Wildman–Crippen LogP) is 4.73. The quantitative estimate of drug-likeness (QED) is 0.452. The smallest absolute Gasteiger partial charge is 0.228 e. The third-order valence-corrected chi connectivity index (χ3v) is 8.10. The first-order valence-corrected chi connectivity index (χ1v) is 13.3. The lowest BCUT2D eigenvalue weighted by molar-refractivity contribution is -0.00805. The van der Waals surface area contributed by atoms with Gasteiger partial charge in [-0.05, 0) is 94.3 Å². The third kappa shape index (κ3) is 5.58. The second-order valence-corrected chi connectivity index (χ2v) is 10.9. The molecule has 1 fully saturated rings. The number of benzene rings is 2. The van der Waals surface area contributed by atoms with E-state index in [0.717, 1.165) is 50.8 Å². The van der Waals surface area contributed by atoms with Gasteiger partial charge in [0.25, 0.3) is 0 Å². The molecular formula is C31H37N3O3. The van der Waals surface area contributed by atoms with Crippen LogP contribution in [0.15, 0.2) is 53.1 Å². The van der Waals surface area contributed by atoms with Crippen LogP contribution in [-0.4, -0.2) is 46.4 Å². The van der Waals surface area contributed by atoms with E-state index in [1.54, 1.807) is 0 Å². The van der Waals surface area contributed by atoms with E-state index >= 15 is 0 Å². The third-order valence-electron chi connectivity index (χ3n) is 8.10. The molecule has 0 unspecified atom stereocenters. The number of nitrogens with zero attached hydrogens (tertiary/aromatic N) is 3. The molecule has 0 aliphatic heterocycles. The number of hydrogen-bond acceptors (Lipinski definition) is 6. The summed E-state index contributed by atoms with van der Waals surface area (Å²) in [5.41, 5.74) is 3.20. The van der Waals surface area contributed by atoms with E-state index in [0.29, 0.717) is 24.1 Å². The summed E-state index contributed by atoms with van der Waals surface area (Å²) in [5.74, 6) is 8.50. The summed E-state index contributed by atoms with van der Waals surface area (Å²) >= 11 is 0. The van der Waals surface area contributed by atoms with Gasteiger partial charge in [0, 0.05) is 18.4 Å². The number of fused-ring (bicyclic) bond motifs is 3. The van der Waals surface area contributed by atoms with Crippen LogP contribution in [0.4, 0.5) is 0 Å². The molecule has 0 radical (unpaired) electrons. The number of aryl methyl sites for hydroxylation is 1. The van der Waals surface area contributed by atoms with Gasteiger partial charge in [-0.1, -0.05) is 47.5 Å². The summed E-state index contributed by atoms with van der Waals surface area (Å²) < 4.78 is 11.5. The summed E-state index contributed by atoms with van der Waals surface area (Å²) in [6.07, 6.45) is 6.05. The van der Waals surface area contributed by atoms with Crippen molar-refractivity contribution in [1.29, 1.82) is 0 Å². The number of rotatable bonds is 8. The van der Waals surface area contributed by atoms with Crippen molar-refractivity contribution in [3.63, 3.8) is 0 Å². The van der Waals surface area contributed by atoms with Gasteiger partial charge in [0.1, 0.15) is 11.4 Å². The summed E-state index contributed by atoms with van der Waals surface area (Å²) in [6, 6.07) is 17.3. The highest BCUT2D eigenvalue weighted by Crippen LogP contribution is 2.54. The molecule has 3 atom stereocenters. The Labute approximate surface area is 220 Å². The fourth-order valence-corrected chi connectivity index (χ4v) is 6.31. The Bertz CT molecular complexity index is 1280. The van der Waals surface area contributed by atoms with Crippen LogP contribution in [-0.2, 0) is 31.3 Å². The Balaban J connectivity index is 1.37. The minimum atomic E-state index is -0.879. The average Bonchev–Trinajstić information content (AvgIpc) is 3.35. The van der Waals surface area contributed by atoms with E-state index in [1.807, 2.05) is 21.0 Å². The highest BCUT2D eigenvalue weighted by atomic mass is 16.5. The molecular weight excluding hydrogens is 462 g/mol. The van der Waals surface area contributed by atoms with Crippen molar-refractivity contribution in [1.82, 2.24) is 15.0 Å². The van der Waals surface area contributed by atoms with Gasteiger partial charge >= 0.3 is 0 Å². The fourth-order valence-electron chi connectivity index (χ4n) is 6.31. The monoisotopic (exact) mass is 499 g/mol. The van der Waals surface area contributed by atoms with E-state index < -0.39 is 5.60 Å².